The van der Waals surface area contributed by atoms with Gasteiger partial charge in [-0.25, -0.2) is 9.97 Å². The average molecular weight is 369 g/mol. The quantitative estimate of drug-likeness (QED) is 0.799. The molecule has 2 aromatic rings. The van der Waals surface area contributed by atoms with Gasteiger partial charge in [-0.3, -0.25) is 10.1 Å². The zero-order chi connectivity index (χ0) is 14.0. The van der Waals surface area contributed by atoms with E-state index in [1.54, 1.807) is 12.1 Å². The lowest BCUT2D eigenvalue weighted by Crippen LogP contribution is -2.14. The van der Waals surface area contributed by atoms with Crippen LogP contribution in [0.1, 0.15) is 21.7 Å². The van der Waals surface area contributed by atoms with Crippen LogP contribution in [0.25, 0.3) is 0 Å². The number of carbonyl (C=O) groups excluding carboxylic acids is 1. The molecule has 2 rings (SSSR count). The van der Waals surface area contributed by atoms with Crippen molar-refractivity contribution in [2.45, 2.75) is 13.8 Å². The van der Waals surface area contributed by atoms with Crippen molar-refractivity contribution in [2.75, 3.05) is 5.32 Å². The third kappa shape index (κ3) is 3.40. The van der Waals surface area contributed by atoms with Crippen LogP contribution < -0.4 is 5.32 Å². The molecule has 0 saturated carbocycles. The predicted octanol–water partition coefficient (Wildman–Crippen LogP) is 2.66. The molecule has 0 aliphatic heterocycles. The first kappa shape index (κ1) is 13.7. The van der Waals surface area contributed by atoms with Gasteiger partial charge in [0.05, 0.1) is 3.57 Å². The van der Waals surface area contributed by atoms with Gasteiger partial charge in [-0.1, -0.05) is 0 Å². The number of rotatable bonds is 2. The van der Waals surface area contributed by atoms with E-state index in [4.69, 9.17) is 0 Å². The largest absolute Gasteiger partial charge is 0.507 e. The molecule has 1 heterocycles. The maximum Gasteiger partial charge on any atom is 0.258 e. The molecule has 0 radical (unpaired) electrons. The van der Waals surface area contributed by atoms with Crippen molar-refractivity contribution >= 4 is 34.4 Å². The first-order valence-corrected chi connectivity index (χ1v) is 6.66. The molecule has 0 atom stereocenters. The number of nitrogens with one attached hydrogen (secondary N) is 1. The minimum Gasteiger partial charge on any atom is -0.507 e. The van der Waals surface area contributed by atoms with Crippen molar-refractivity contribution in [1.82, 2.24) is 9.97 Å². The molecular formula is C13H12IN3O2. The molecule has 1 aromatic carbocycles. The lowest BCUT2D eigenvalue weighted by Gasteiger charge is -2.06. The van der Waals surface area contributed by atoms with Gasteiger partial charge in [0.2, 0.25) is 5.95 Å². The van der Waals surface area contributed by atoms with Gasteiger partial charge in [0.15, 0.2) is 0 Å². The Morgan fingerprint density at radius 2 is 1.84 bits per heavy atom. The smallest absolute Gasteiger partial charge is 0.258 e. The van der Waals surface area contributed by atoms with Crippen molar-refractivity contribution < 1.29 is 9.90 Å². The van der Waals surface area contributed by atoms with Crippen molar-refractivity contribution in [3.05, 3.63) is 44.8 Å². The Morgan fingerprint density at radius 1 is 1.21 bits per heavy atom. The molecule has 98 valence electrons. The van der Waals surface area contributed by atoms with Crippen LogP contribution in [0.3, 0.4) is 0 Å². The number of carbonyl (C=O) groups is 1. The highest BCUT2D eigenvalue weighted by molar-refractivity contribution is 14.1. The van der Waals surface area contributed by atoms with E-state index in [0.717, 1.165) is 11.4 Å². The summed E-state index contributed by atoms with van der Waals surface area (Å²) in [5.74, 6) is -0.00756. The maximum atomic E-state index is 12.0. The van der Waals surface area contributed by atoms with Crippen LogP contribution in [0.4, 0.5) is 5.95 Å². The molecule has 19 heavy (non-hydrogen) atoms. The summed E-state index contributed by atoms with van der Waals surface area (Å²) in [6, 6.07) is 6.55. The van der Waals surface area contributed by atoms with Gasteiger partial charge in [0.1, 0.15) is 5.75 Å². The average Bonchev–Trinajstić information content (AvgIpc) is 2.31. The lowest BCUT2D eigenvalue weighted by molar-refractivity contribution is 0.102. The normalized spacial score (nSPS) is 10.3. The first-order valence-electron chi connectivity index (χ1n) is 5.58. The van der Waals surface area contributed by atoms with E-state index in [9.17, 15) is 9.90 Å². The van der Waals surface area contributed by atoms with Crippen molar-refractivity contribution in [3.8, 4) is 5.75 Å². The zero-order valence-corrected chi connectivity index (χ0v) is 12.6. The number of nitrogens with zero attached hydrogens (tertiary/aromatic N) is 2. The number of amides is 1. The zero-order valence-electron chi connectivity index (χ0n) is 10.4. The molecule has 0 fully saturated rings. The summed E-state index contributed by atoms with van der Waals surface area (Å²) in [5.41, 5.74) is 1.93. The summed E-state index contributed by atoms with van der Waals surface area (Å²) < 4.78 is 0.691. The topological polar surface area (TPSA) is 75.1 Å². The van der Waals surface area contributed by atoms with Crippen LogP contribution in [-0.2, 0) is 0 Å². The van der Waals surface area contributed by atoms with Crippen LogP contribution in [0.2, 0.25) is 0 Å². The number of hydrogen-bond acceptors (Lipinski definition) is 4. The summed E-state index contributed by atoms with van der Waals surface area (Å²) in [5, 5.41) is 12.2. The van der Waals surface area contributed by atoms with E-state index >= 15 is 0 Å². The summed E-state index contributed by atoms with van der Waals surface area (Å²) in [6.45, 7) is 3.67. The second-order valence-electron chi connectivity index (χ2n) is 4.09. The molecule has 0 bridgehead atoms. The molecule has 0 aliphatic rings. The van der Waals surface area contributed by atoms with E-state index in [2.05, 4.69) is 15.3 Å². The number of aromatic hydroxyl groups is 1. The highest BCUT2D eigenvalue weighted by Gasteiger charge is 2.10. The number of phenolic OH excluding ortho intramolecular Hbond substituents is 1. The van der Waals surface area contributed by atoms with Gasteiger partial charge >= 0.3 is 0 Å². The molecule has 0 spiro atoms. The van der Waals surface area contributed by atoms with Crippen LogP contribution in [0.15, 0.2) is 24.3 Å². The monoisotopic (exact) mass is 369 g/mol. The fourth-order valence-electron chi connectivity index (χ4n) is 1.61. The summed E-state index contributed by atoms with van der Waals surface area (Å²) in [6.07, 6.45) is 0. The Balaban J connectivity index is 2.22. The van der Waals surface area contributed by atoms with E-state index in [0.29, 0.717) is 9.13 Å². The Hall–Kier alpha value is -1.70. The summed E-state index contributed by atoms with van der Waals surface area (Å²) in [4.78, 5) is 20.3. The van der Waals surface area contributed by atoms with Crippen LogP contribution in [0.5, 0.6) is 5.75 Å². The van der Waals surface area contributed by atoms with Crippen molar-refractivity contribution in [1.29, 1.82) is 0 Å². The Bertz CT molecular complexity index is 624. The van der Waals surface area contributed by atoms with Gasteiger partial charge in [-0.05, 0) is 60.7 Å². The second kappa shape index (κ2) is 5.52. The fourth-order valence-corrected chi connectivity index (χ4v) is 1.94. The number of aromatic nitrogens is 2. The Labute approximate surface area is 124 Å². The number of aryl methyl sites for hydroxylation is 2. The molecule has 6 heteroatoms. The van der Waals surface area contributed by atoms with Crippen LogP contribution in [0, 0.1) is 17.4 Å². The molecular weight excluding hydrogens is 357 g/mol. The standard InChI is InChI=1S/C13H12IN3O2/c1-7-5-8(2)16-13(15-7)17-12(19)9-3-4-10(14)11(18)6-9/h3-6,18H,1-2H3,(H,15,16,17,19). The number of hydrogen-bond donors (Lipinski definition) is 2. The third-order valence-electron chi connectivity index (χ3n) is 2.42. The Morgan fingerprint density at radius 3 is 2.42 bits per heavy atom. The molecule has 1 aromatic heterocycles. The number of halogens is 1. The molecule has 2 N–H and O–H groups in total. The SMILES string of the molecule is Cc1cc(C)nc(NC(=O)c2ccc(I)c(O)c2)n1. The number of anilines is 1. The summed E-state index contributed by atoms with van der Waals surface area (Å²) >= 11 is 1.99. The Kier molecular flexibility index (Phi) is 3.98. The van der Waals surface area contributed by atoms with Gasteiger partial charge in [-0.2, -0.15) is 0 Å². The van der Waals surface area contributed by atoms with E-state index in [1.807, 2.05) is 42.5 Å². The molecule has 0 saturated heterocycles. The lowest BCUT2D eigenvalue weighted by atomic mass is 10.2. The van der Waals surface area contributed by atoms with E-state index < -0.39 is 0 Å². The summed E-state index contributed by atoms with van der Waals surface area (Å²) in [7, 11) is 0. The molecule has 0 aliphatic carbocycles. The third-order valence-corrected chi connectivity index (χ3v) is 3.33. The maximum absolute atomic E-state index is 12.0. The van der Waals surface area contributed by atoms with Gasteiger partial charge in [0, 0.05) is 17.0 Å². The van der Waals surface area contributed by atoms with E-state index in [1.165, 1.54) is 6.07 Å². The number of phenols is 1. The number of benzene rings is 1. The highest BCUT2D eigenvalue weighted by atomic mass is 127. The minimum atomic E-state index is -0.350. The van der Waals surface area contributed by atoms with Gasteiger partial charge in [-0.15, -0.1) is 0 Å². The predicted molar refractivity (Wildman–Crippen MR) is 80.3 cm³/mol. The first-order chi connectivity index (χ1) is 8.95. The van der Waals surface area contributed by atoms with Gasteiger partial charge < -0.3 is 5.11 Å². The fraction of sp³-hybridized carbons (Fsp3) is 0.154. The second-order valence-corrected chi connectivity index (χ2v) is 5.26. The molecule has 1 amide bonds. The van der Waals surface area contributed by atoms with Crippen LogP contribution >= 0.6 is 22.6 Å². The van der Waals surface area contributed by atoms with E-state index in [-0.39, 0.29) is 17.6 Å². The van der Waals surface area contributed by atoms with Crippen molar-refractivity contribution in [3.63, 3.8) is 0 Å². The van der Waals surface area contributed by atoms with Gasteiger partial charge in [0.25, 0.3) is 5.91 Å². The highest BCUT2D eigenvalue weighted by Crippen LogP contribution is 2.20. The van der Waals surface area contributed by atoms with Crippen molar-refractivity contribution in [2.24, 2.45) is 0 Å². The minimum absolute atomic E-state index is 0.0783. The molecule has 5 nitrogen and oxygen atoms in total. The molecule has 0 unspecified atom stereocenters. The van der Waals surface area contributed by atoms with Crippen LogP contribution in [-0.4, -0.2) is 21.0 Å².